The highest BCUT2D eigenvalue weighted by Gasteiger charge is 2.25. The van der Waals surface area contributed by atoms with Crippen molar-refractivity contribution in [2.75, 3.05) is 18.8 Å². The highest BCUT2D eigenvalue weighted by molar-refractivity contribution is 7.91. The van der Waals surface area contributed by atoms with Crippen LogP contribution < -0.4 is 10.5 Å². The van der Waals surface area contributed by atoms with Crippen molar-refractivity contribution in [3.63, 3.8) is 0 Å². The van der Waals surface area contributed by atoms with E-state index in [2.05, 4.69) is 4.72 Å². The molecule has 3 N–H and O–H groups in total. The predicted molar refractivity (Wildman–Crippen MR) is 76.4 cm³/mol. The molecule has 0 aliphatic carbocycles. The second-order valence-corrected chi connectivity index (χ2v) is 6.90. The molecule has 19 heavy (non-hydrogen) atoms. The fourth-order valence-corrected chi connectivity index (χ4v) is 3.91. The van der Waals surface area contributed by atoms with E-state index in [4.69, 9.17) is 5.73 Å². The molecule has 0 saturated heterocycles. The number of rotatable bonds is 6. The van der Waals surface area contributed by atoms with Crippen molar-refractivity contribution < 1.29 is 13.2 Å². The average Bonchev–Trinajstić information content (AvgIpc) is 2.77. The number of nitrogen functional groups attached to an aromatic ring is 1. The summed E-state index contributed by atoms with van der Waals surface area (Å²) in [6.07, 6.45) is 0. The van der Waals surface area contributed by atoms with Crippen molar-refractivity contribution in [2.24, 2.45) is 0 Å². The third-order valence-corrected chi connectivity index (χ3v) is 5.64. The zero-order chi connectivity index (χ0) is 14.6. The summed E-state index contributed by atoms with van der Waals surface area (Å²) < 4.78 is 26.6. The Morgan fingerprint density at radius 3 is 2.47 bits per heavy atom. The minimum Gasteiger partial charge on any atom is -0.398 e. The second kappa shape index (κ2) is 6.36. The molecule has 108 valence electrons. The van der Waals surface area contributed by atoms with Crippen LogP contribution in [0.4, 0.5) is 5.69 Å². The van der Waals surface area contributed by atoms with Gasteiger partial charge in [0.05, 0.1) is 6.04 Å². The second-order valence-electron chi connectivity index (χ2n) is 4.05. The lowest BCUT2D eigenvalue weighted by molar-refractivity contribution is -0.132. The fraction of sp³-hybridized carbons (Fsp3) is 0.545. The van der Waals surface area contributed by atoms with Crippen LogP contribution in [0.25, 0.3) is 0 Å². The number of hydrogen-bond acceptors (Lipinski definition) is 5. The van der Waals surface area contributed by atoms with E-state index < -0.39 is 16.1 Å². The van der Waals surface area contributed by atoms with Crippen molar-refractivity contribution in [3.8, 4) is 0 Å². The number of anilines is 1. The highest BCUT2D eigenvalue weighted by Crippen LogP contribution is 2.21. The van der Waals surface area contributed by atoms with Crippen LogP contribution in [0.2, 0.25) is 0 Å². The molecule has 8 heteroatoms. The van der Waals surface area contributed by atoms with Crippen molar-refractivity contribution in [3.05, 3.63) is 11.4 Å². The quantitative estimate of drug-likeness (QED) is 0.815. The number of nitrogens with one attached hydrogen (secondary N) is 1. The molecule has 1 unspecified atom stereocenters. The molecule has 1 aromatic heterocycles. The highest BCUT2D eigenvalue weighted by atomic mass is 32.2. The van der Waals surface area contributed by atoms with Gasteiger partial charge in [0.1, 0.15) is 4.21 Å². The first-order chi connectivity index (χ1) is 8.81. The molecule has 0 aliphatic heterocycles. The molecule has 0 aromatic carbocycles. The van der Waals surface area contributed by atoms with Crippen LogP contribution in [0.3, 0.4) is 0 Å². The molecule has 1 aromatic rings. The van der Waals surface area contributed by atoms with E-state index in [9.17, 15) is 13.2 Å². The van der Waals surface area contributed by atoms with Gasteiger partial charge >= 0.3 is 0 Å². The normalized spacial score (nSPS) is 13.2. The summed E-state index contributed by atoms with van der Waals surface area (Å²) in [6.45, 7) is 6.33. The van der Waals surface area contributed by atoms with E-state index in [1.807, 2.05) is 13.8 Å². The summed E-state index contributed by atoms with van der Waals surface area (Å²) in [5, 5.41) is 1.55. The van der Waals surface area contributed by atoms with Crippen molar-refractivity contribution in [1.82, 2.24) is 9.62 Å². The molecule has 0 saturated carbocycles. The third kappa shape index (κ3) is 3.92. The van der Waals surface area contributed by atoms with Crippen LogP contribution in [-0.4, -0.2) is 38.4 Å². The van der Waals surface area contributed by atoms with Crippen LogP contribution in [-0.2, 0) is 14.8 Å². The van der Waals surface area contributed by atoms with Crippen LogP contribution in [0, 0.1) is 0 Å². The Morgan fingerprint density at radius 2 is 2.05 bits per heavy atom. The molecule has 1 amide bonds. The molecule has 0 aliphatic rings. The smallest absolute Gasteiger partial charge is 0.250 e. The molecule has 0 fully saturated rings. The van der Waals surface area contributed by atoms with E-state index >= 15 is 0 Å². The Morgan fingerprint density at radius 1 is 1.47 bits per heavy atom. The van der Waals surface area contributed by atoms with Crippen molar-refractivity contribution in [2.45, 2.75) is 31.0 Å². The minimum atomic E-state index is -3.69. The predicted octanol–water partition coefficient (Wildman–Crippen LogP) is 0.865. The largest absolute Gasteiger partial charge is 0.398 e. The van der Waals surface area contributed by atoms with E-state index in [0.717, 1.165) is 11.3 Å². The van der Waals surface area contributed by atoms with Gasteiger partial charge < -0.3 is 10.6 Å². The number of thiophene rings is 1. The first-order valence-corrected chi connectivity index (χ1v) is 8.33. The first-order valence-electron chi connectivity index (χ1n) is 5.97. The first kappa shape index (κ1) is 15.9. The number of nitrogens with zero attached hydrogens (tertiary/aromatic N) is 1. The molecule has 1 rings (SSSR count). The maximum absolute atomic E-state index is 12.0. The fourth-order valence-electron chi connectivity index (χ4n) is 1.62. The Kier molecular flexibility index (Phi) is 5.33. The number of nitrogens with two attached hydrogens (primary N) is 1. The molecular formula is C11H19N3O3S2. The zero-order valence-corrected chi connectivity index (χ0v) is 12.8. The van der Waals surface area contributed by atoms with Crippen molar-refractivity contribution in [1.29, 1.82) is 0 Å². The third-order valence-electron chi connectivity index (χ3n) is 2.64. The van der Waals surface area contributed by atoms with Crippen LogP contribution in [0.15, 0.2) is 15.7 Å². The van der Waals surface area contributed by atoms with E-state index in [1.165, 1.54) is 13.0 Å². The molecule has 1 heterocycles. The van der Waals surface area contributed by atoms with Crippen LogP contribution in [0.1, 0.15) is 20.8 Å². The van der Waals surface area contributed by atoms with Crippen LogP contribution >= 0.6 is 11.3 Å². The maximum Gasteiger partial charge on any atom is 0.250 e. The Bertz CT molecular complexity index is 535. The Balaban J connectivity index is 2.81. The molecule has 0 radical (unpaired) electrons. The lowest BCUT2D eigenvalue weighted by atomic mass is 10.3. The maximum atomic E-state index is 12.0. The number of carbonyl (C=O) groups excluding carboxylic acids is 1. The molecule has 0 bridgehead atoms. The molecule has 0 spiro atoms. The van der Waals surface area contributed by atoms with Gasteiger partial charge in [-0.2, -0.15) is 4.72 Å². The summed E-state index contributed by atoms with van der Waals surface area (Å²) in [7, 11) is -3.69. The monoisotopic (exact) mass is 305 g/mol. The standard InChI is InChI=1S/C11H19N3O3S2/c1-4-14(5-2)11(15)8(3)13-19(16,17)10-6-9(12)7-18-10/h6-8,13H,4-5,12H2,1-3H3. The zero-order valence-electron chi connectivity index (χ0n) is 11.2. The molecular weight excluding hydrogens is 286 g/mol. The Labute approximate surface area is 117 Å². The van der Waals surface area contributed by atoms with E-state index in [1.54, 1.807) is 10.3 Å². The van der Waals surface area contributed by atoms with Gasteiger partial charge in [0.25, 0.3) is 10.0 Å². The number of hydrogen-bond donors (Lipinski definition) is 2. The number of likely N-dealkylation sites (N-methyl/N-ethyl adjacent to an activating group) is 1. The van der Waals surface area contributed by atoms with E-state index in [-0.39, 0.29) is 10.1 Å². The SMILES string of the molecule is CCN(CC)C(=O)C(C)NS(=O)(=O)c1cc(N)cs1. The van der Waals surface area contributed by atoms with Crippen molar-refractivity contribution >= 4 is 33.0 Å². The summed E-state index contributed by atoms with van der Waals surface area (Å²) in [5.41, 5.74) is 5.90. The topological polar surface area (TPSA) is 92.5 Å². The minimum absolute atomic E-state index is 0.115. The summed E-state index contributed by atoms with van der Waals surface area (Å²) in [4.78, 5) is 13.6. The molecule has 6 nitrogen and oxygen atoms in total. The van der Waals surface area contributed by atoms with Crippen LogP contribution in [0.5, 0.6) is 0 Å². The van der Waals surface area contributed by atoms with Gasteiger partial charge in [-0.05, 0) is 26.8 Å². The van der Waals surface area contributed by atoms with Gasteiger partial charge in [-0.3, -0.25) is 4.79 Å². The van der Waals surface area contributed by atoms with Gasteiger partial charge in [0.15, 0.2) is 0 Å². The summed E-state index contributed by atoms with van der Waals surface area (Å²) >= 11 is 1.03. The van der Waals surface area contributed by atoms with Gasteiger partial charge in [0, 0.05) is 24.2 Å². The van der Waals surface area contributed by atoms with Gasteiger partial charge in [-0.1, -0.05) is 0 Å². The number of carbonyl (C=O) groups is 1. The summed E-state index contributed by atoms with van der Waals surface area (Å²) in [5.74, 6) is -0.238. The van der Waals surface area contributed by atoms with Gasteiger partial charge in [-0.15, -0.1) is 11.3 Å². The number of amides is 1. The number of sulfonamides is 1. The lowest BCUT2D eigenvalue weighted by Gasteiger charge is -2.23. The Hall–Kier alpha value is -1.12. The molecule has 1 atom stereocenters. The lowest BCUT2D eigenvalue weighted by Crippen LogP contribution is -2.46. The van der Waals surface area contributed by atoms with E-state index in [0.29, 0.717) is 18.8 Å². The van der Waals surface area contributed by atoms with Gasteiger partial charge in [0.2, 0.25) is 5.91 Å². The summed E-state index contributed by atoms with van der Waals surface area (Å²) in [6, 6.07) is 0.579. The average molecular weight is 305 g/mol. The van der Waals surface area contributed by atoms with Gasteiger partial charge in [-0.25, -0.2) is 8.42 Å².